The van der Waals surface area contributed by atoms with Gasteiger partial charge in [-0.25, -0.2) is 9.18 Å². The summed E-state index contributed by atoms with van der Waals surface area (Å²) in [6.07, 6.45) is 4.80. The number of hydrogen-bond donors (Lipinski definition) is 0. The minimum absolute atomic E-state index is 0.363. The van der Waals surface area contributed by atoms with Crippen LogP contribution in [0.5, 0.6) is 5.75 Å². The van der Waals surface area contributed by atoms with Gasteiger partial charge in [0.25, 0.3) is 0 Å². The number of carbonyl (C=O) groups excluding carboxylic acids is 1. The third-order valence-electron chi connectivity index (χ3n) is 3.66. The molecule has 1 aliphatic rings. The Morgan fingerprint density at radius 3 is 2.61 bits per heavy atom. The zero-order chi connectivity index (χ0) is 13.2. The summed E-state index contributed by atoms with van der Waals surface area (Å²) in [4.78, 5) is 14.6. The van der Waals surface area contributed by atoms with E-state index < -0.39 is 5.54 Å². The van der Waals surface area contributed by atoms with Crippen molar-refractivity contribution in [3.05, 3.63) is 29.1 Å². The molecular formula is C14H16FNO2. The monoisotopic (exact) mass is 249 g/mol. The molecule has 1 aliphatic carbocycles. The molecular weight excluding hydrogens is 233 g/mol. The van der Waals surface area contributed by atoms with Crippen LogP contribution in [0.3, 0.4) is 0 Å². The van der Waals surface area contributed by atoms with E-state index in [2.05, 4.69) is 4.99 Å². The number of rotatable bonds is 3. The van der Waals surface area contributed by atoms with Gasteiger partial charge in [-0.15, -0.1) is 0 Å². The van der Waals surface area contributed by atoms with Gasteiger partial charge in [-0.3, -0.25) is 0 Å². The largest absolute Gasteiger partial charge is 0.496 e. The summed E-state index contributed by atoms with van der Waals surface area (Å²) >= 11 is 0. The lowest BCUT2D eigenvalue weighted by Gasteiger charge is -2.26. The molecule has 0 aliphatic heterocycles. The van der Waals surface area contributed by atoms with Gasteiger partial charge in [0.15, 0.2) is 0 Å². The number of methoxy groups -OCH3 is 1. The minimum atomic E-state index is -0.788. The molecule has 0 radical (unpaired) electrons. The summed E-state index contributed by atoms with van der Waals surface area (Å²) in [6.45, 7) is 1.86. The summed E-state index contributed by atoms with van der Waals surface area (Å²) in [5.41, 5.74) is 0.468. The van der Waals surface area contributed by atoms with Crippen LogP contribution in [0.15, 0.2) is 17.1 Å². The molecule has 0 heterocycles. The summed E-state index contributed by atoms with van der Waals surface area (Å²) in [7, 11) is 1.51. The Balaban J connectivity index is 2.68. The van der Waals surface area contributed by atoms with E-state index in [0.29, 0.717) is 24.2 Å². The van der Waals surface area contributed by atoms with Crippen LogP contribution >= 0.6 is 0 Å². The number of aliphatic imine (C=N–C) groups is 1. The first-order valence-electron chi connectivity index (χ1n) is 6.07. The topological polar surface area (TPSA) is 38.7 Å². The molecule has 1 saturated carbocycles. The lowest BCUT2D eigenvalue weighted by Crippen LogP contribution is -2.22. The molecule has 18 heavy (non-hydrogen) atoms. The van der Waals surface area contributed by atoms with E-state index >= 15 is 0 Å². The predicted molar refractivity (Wildman–Crippen MR) is 66.0 cm³/mol. The van der Waals surface area contributed by atoms with E-state index in [4.69, 9.17) is 4.74 Å². The second kappa shape index (κ2) is 4.91. The first-order chi connectivity index (χ1) is 8.64. The number of halogens is 1. The predicted octanol–water partition coefficient (Wildman–Crippen LogP) is 3.25. The van der Waals surface area contributed by atoms with Gasteiger partial charge in [0.05, 0.1) is 12.7 Å². The SMILES string of the molecule is COc1c(C)ccc(F)c1C1(N=C=O)CCCC1. The van der Waals surface area contributed by atoms with Gasteiger partial charge in [-0.2, -0.15) is 4.99 Å². The van der Waals surface area contributed by atoms with Crippen LogP contribution in [0.1, 0.15) is 36.8 Å². The molecule has 4 heteroatoms. The van der Waals surface area contributed by atoms with Crippen LogP contribution in [0, 0.1) is 12.7 Å². The van der Waals surface area contributed by atoms with E-state index in [1.807, 2.05) is 6.92 Å². The zero-order valence-corrected chi connectivity index (χ0v) is 10.6. The number of nitrogens with zero attached hydrogens (tertiary/aromatic N) is 1. The molecule has 0 amide bonds. The molecule has 1 aromatic carbocycles. The summed E-state index contributed by atoms with van der Waals surface area (Å²) in [5.74, 6) is 0.134. The number of hydrogen-bond acceptors (Lipinski definition) is 3. The van der Waals surface area contributed by atoms with E-state index in [1.54, 1.807) is 12.1 Å². The smallest absolute Gasteiger partial charge is 0.235 e. The molecule has 0 N–H and O–H groups in total. The molecule has 1 aromatic rings. The fourth-order valence-corrected chi connectivity index (χ4v) is 2.82. The Bertz CT molecular complexity index is 501. The third-order valence-corrected chi connectivity index (χ3v) is 3.66. The Labute approximate surface area is 106 Å². The van der Waals surface area contributed by atoms with Crippen LogP contribution in [0.25, 0.3) is 0 Å². The standard InChI is InChI=1S/C14H16FNO2/c1-10-5-6-11(15)12(13(10)18-2)14(16-9-17)7-3-4-8-14/h5-6H,3-4,7-8H2,1-2H3. The zero-order valence-electron chi connectivity index (χ0n) is 10.6. The Morgan fingerprint density at radius 1 is 1.39 bits per heavy atom. The van der Waals surface area contributed by atoms with Crippen LogP contribution in [-0.2, 0) is 10.3 Å². The first kappa shape index (κ1) is 12.8. The highest BCUT2D eigenvalue weighted by Crippen LogP contribution is 2.47. The van der Waals surface area contributed by atoms with Gasteiger partial charge in [-0.1, -0.05) is 18.9 Å². The Morgan fingerprint density at radius 2 is 2.06 bits per heavy atom. The van der Waals surface area contributed by atoms with Crippen molar-refractivity contribution in [2.24, 2.45) is 4.99 Å². The Kier molecular flexibility index (Phi) is 3.48. The molecule has 3 nitrogen and oxygen atoms in total. The molecule has 2 rings (SSSR count). The van der Waals surface area contributed by atoms with E-state index in [9.17, 15) is 9.18 Å². The number of aryl methyl sites for hydroxylation is 1. The molecule has 0 unspecified atom stereocenters. The van der Waals surface area contributed by atoms with Gasteiger partial charge in [0.2, 0.25) is 6.08 Å². The average molecular weight is 249 g/mol. The van der Waals surface area contributed by atoms with Crippen molar-refractivity contribution in [3.8, 4) is 5.75 Å². The van der Waals surface area contributed by atoms with Crippen molar-refractivity contribution in [2.45, 2.75) is 38.1 Å². The van der Waals surface area contributed by atoms with Crippen molar-refractivity contribution >= 4 is 6.08 Å². The first-order valence-corrected chi connectivity index (χ1v) is 6.07. The molecule has 0 atom stereocenters. The minimum Gasteiger partial charge on any atom is -0.496 e. The normalized spacial score (nSPS) is 17.3. The maximum absolute atomic E-state index is 14.2. The number of benzene rings is 1. The summed E-state index contributed by atoms with van der Waals surface area (Å²) in [6, 6.07) is 3.08. The molecule has 0 bridgehead atoms. The molecule has 0 spiro atoms. The fourth-order valence-electron chi connectivity index (χ4n) is 2.82. The second-order valence-corrected chi connectivity index (χ2v) is 4.71. The second-order valence-electron chi connectivity index (χ2n) is 4.71. The number of isocyanates is 1. The van der Waals surface area contributed by atoms with Gasteiger partial charge in [0.1, 0.15) is 17.1 Å². The third kappa shape index (κ3) is 1.93. The van der Waals surface area contributed by atoms with Crippen molar-refractivity contribution < 1.29 is 13.9 Å². The van der Waals surface area contributed by atoms with Crippen LogP contribution in [0.4, 0.5) is 4.39 Å². The van der Waals surface area contributed by atoms with Crippen LogP contribution < -0.4 is 4.74 Å². The van der Waals surface area contributed by atoms with Gasteiger partial charge in [-0.05, 0) is 31.4 Å². The highest BCUT2D eigenvalue weighted by molar-refractivity contribution is 5.49. The lowest BCUT2D eigenvalue weighted by atomic mass is 9.86. The average Bonchev–Trinajstić information content (AvgIpc) is 2.81. The molecule has 96 valence electrons. The van der Waals surface area contributed by atoms with Gasteiger partial charge < -0.3 is 4.74 Å². The van der Waals surface area contributed by atoms with Crippen molar-refractivity contribution in [2.75, 3.05) is 7.11 Å². The van der Waals surface area contributed by atoms with Gasteiger partial charge >= 0.3 is 0 Å². The Hall–Kier alpha value is -1.67. The summed E-state index contributed by atoms with van der Waals surface area (Å²) < 4.78 is 19.5. The fraction of sp³-hybridized carbons (Fsp3) is 0.500. The van der Waals surface area contributed by atoms with Crippen molar-refractivity contribution in [1.82, 2.24) is 0 Å². The molecule has 0 aromatic heterocycles. The highest BCUT2D eigenvalue weighted by atomic mass is 19.1. The van der Waals surface area contributed by atoms with E-state index in [0.717, 1.165) is 18.4 Å². The van der Waals surface area contributed by atoms with Crippen LogP contribution in [-0.4, -0.2) is 13.2 Å². The van der Waals surface area contributed by atoms with Crippen LogP contribution in [0.2, 0.25) is 0 Å². The molecule has 1 fully saturated rings. The van der Waals surface area contributed by atoms with E-state index in [-0.39, 0.29) is 5.82 Å². The van der Waals surface area contributed by atoms with Crippen molar-refractivity contribution in [3.63, 3.8) is 0 Å². The lowest BCUT2D eigenvalue weighted by molar-refractivity contribution is 0.363. The number of ether oxygens (including phenoxy) is 1. The highest BCUT2D eigenvalue weighted by Gasteiger charge is 2.40. The van der Waals surface area contributed by atoms with Crippen molar-refractivity contribution in [1.29, 1.82) is 0 Å². The van der Waals surface area contributed by atoms with E-state index in [1.165, 1.54) is 13.2 Å². The maximum Gasteiger partial charge on any atom is 0.235 e. The van der Waals surface area contributed by atoms with Gasteiger partial charge in [0, 0.05) is 0 Å². The summed E-state index contributed by atoms with van der Waals surface area (Å²) in [5, 5.41) is 0. The maximum atomic E-state index is 14.2. The quantitative estimate of drug-likeness (QED) is 0.609. The molecule has 0 saturated heterocycles.